The Morgan fingerprint density at radius 3 is 2.27 bits per heavy atom. The van der Waals surface area contributed by atoms with E-state index in [2.05, 4.69) is 0 Å². The van der Waals surface area contributed by atoms with Crippen molar-refractivity contribution in [2.75, 3.05) is 13.1 Å². The van der Waals surface area contributed by atoms with Crippen LogP contribution < -0.4 is 0 Å². The second-order valence-corrected chi connectivity index (χ2v) is 6.95. The first-order chi connectivity index (χ1) is 10.1. The highest BCUT2D eigenvalue weighted by Crippen LogP contribution is 2.39. The van der Waals surface area contributed by atoms with Crippen LogP contribution in [0.4, 0.5) is 13.2 Å². The maximum absolute atomic E-state index is 12.7. The maximum atomic E-state index is 12.7. The Morgan fingerprint density at radius 2 is 1.77 bits per heavy atom. The maximum Gasteiger partial charge on any atom is 0.417 e. The van der Waals surface area contributed by atoms with Crippen molar-refractivity contribution in [3.05, 3.63) is 29.8 Å². The first-order valence-corrected chi connectivity index (χ1v) is 7.84. The first-order valence-electron chi connectivity index (χ1n) is 6.40. The second-order valence-electron chi connectivity index (χ2n) is 5.04. The van der Waals surface area contributed by atoms with Crippen LogP contribution in [0.15, 0.2) is 29.2 Å². The molecule has 0 unspecified atom stereocenters. The van der Waals surface area contributed by atoms with Gasteiger partial charge in [0.1, 0.15) is 6.07 Å². The summed E-state index contributed by atoms with van der Waals surface area (Å²) in [6, 6.07) is 7.23. The van der Waals surface area contributed by atoms with Crippen LogP contribution in [0, 0.1) is 11.3 Å². The lowest BCUT2D eigenvalue weighted by Crippen LogP contribution is -2.54. The third-order valence-corrected chi connectivity index (χ3v) is 5.66. The smallest absolute Gasteiger partial charge is 0.380 e. The minimum atomic E-state index is -4.80. The molecular formula is C13H13F3N2O3S. The molecule has 0 amide bonds. The van der Waals surface area contributed by atoms with Crippen molar-refractivity contribution >= 4 is 10.0 Å². The number of hydrogen-bond donors (Lipinski definition) is 1. The molecule has 1 N–H and O–H groups in total. The van der Waals surface area contributed by atoms with E-state index >= 15 is 0 Å². The zero-order chi connectivity index (χ0) is 16.6. The molecular weight excluding hydrogens is 321 g/mol. The number of hydrogen-bond acceptors (Lipinski definition) is 4. The van der Waals surface area contributed by atoms with Crippen molar-refractivity contribution < 1.29 is 26.7 Å². The molecule has 1 saturated heterocycles. The summed E-state index contributed by atoms with van der Waals surface area (Å²) in [6.07, 6.45) is -6.26. The van der Waals surface area contributed by atoms with Gasteiger partial charge in [-0.1, -0.05) is 12.1 Å². The van der Waals surface area contributed by atoms with E-state index < -0.39 is 47.7 Å². The SMILES string of the molecule is N#Cc1ccccc1S(=O)(=O)N1CCC(O)(C(F)(F)F)CC1. The number of alkyl halides is 3. The monoisotopic (exact) mass is 334 g/mol. The summed E-state index contributed by atoms with van der Waals surface area (Å²) >= 11 is 0. The Labute approximate surface area is 125 Å². The van der Waals surface area contributed by atoms with Gasteiger partial charge in [0.15, 0.2) is 5.60 Å². The van der Waals surface area contributed by atoms with Crippen LogP contribution in [0.3, 0.4) is 0 Å². The molecule has 1 aliphatic heterocycles. The molecule has 1 fully saturated rings. The first kappa shape index (κ1) is 16.7. The van der Waals surface area contributed by atoms with Gasteiger partial charge in [-0.2, -0.15) is 22.7 Å². The van der Waals surface area contributed by atoms with Gasteiger partial charge in [-0.3, -0.25) is 0 Å². The molecule has 0 spiro atoms. The number of benzene rings is 1. The van der Waals surface area contributed by atoms with Crippen LogP contribution in [0.25, 0.3) is 0 Å². The molecule has 1 heterocycles. The van der Waals surface area contributed by atoms with Gasteiger partial charge >= 0.3 is 6.18 Å². The van der Waals surface area contributed by atoms with Crippen LogP contribution in [0.2, 0.25) is 0 Å². The average molecular weight is 334 g/mol. The minimum Gasteiger partial charge on any atom is -0.380 e. The highest BCUT2D eigenvalue weighted by Gasteiger charge is 2.55. The van der Waals surface area contributed by atoms with Crippen LogP contribution in [0.1, 0.15) is 18.4 Å². The van der Waals surface area contributed by atoms with Gasteiger partial charge in [0.05, 0.1) is 10.5 Å². The van der Waals surface area contributed by atoms with Gasteiger partial charge in [0.25, 0.3) is 0 Å². The summed E-state index contributed by atoms with van der Waals surface area (Å²) in [4.78, 5) is -0.241. The van der Waals surface area contributed by atoms with Gasteiger partial charge in [0.2, 0.25) is 10.0 Å². The molecule has 5 nitrogen and oxygen atoms in total. The number of piperidine rings is 1. The summed E-state index contributed by atoms with van der Waals surface area (Å²) < 4.78 is 63.9. The van der Waals surface area contributed by atoms with Gasteiger partial charge in [-0.05, 0) is 25.0 Å². The van der Waals surface area contributed by atoms with Crippen molar-refractivity contribution in [1.29, 1.82) is 5.26 Å². The van der Waals surface area contributed by atoms with E-state index in [1.807, 2.05) is 0 Å². The van der Waals surface area contributed by atoms with Crippen molar-refractivity contribution in [3.8, 4) is 6.07 Å². The van der Waals surface area contributed by atoms with Crippen LogP contribution in [-0.4, -0.2) is 42.7 Å². The van der Waals surface area contributed by atoms with Crippen molar-refractivity contribution in [2.24, 2.45) is 0 Å². The zero-order valence-electron chi connectivity index (χ0n) is 11.3. The predicted octanol–water partition coefficient (Wildman–Crippen LogP) is 1.64. The summed E-state index contributed by atoms with van der Waals surface area (Å²) in [5, 5.41) is 18.5. The molecule has 0 atom stereocenters. The van der Waals surface area contributed by atoms with E-state index in [4.69, 9.17) is 5.26 Å². The van der Waals surface area contributed by atoms with Crippen LogP contribution in [-0.2, 0) is 10.0 Å². The highest BCUT2D eigenvalue weighted by molar-refractivity contribution is 7.89. The van der Waals surface area contributed by atoms with Crippen molar-refractivity contribution in [1.82, 2.24) is 4.31 Å². The normalized spacial score (nSPS) is 19.6. The third kappa shape index (κ3) is 2.82. The van der Waals surface area contributed by atoms with E-state index in [0.29, 0.717) is 0 Å². The fraction of sp³-hybridized carbons (Fsp3) is 0.462. The number of sulfonamides is 1. The summed E-state index contributed by atoms with van der Waals surface area (Å²) in [7, 11) is -4.07. The van der Waals surface area contributed by atoms with Crippen molar-refractivity contribution in [3.63, 3.8) is 0 Å². The minimum absolute atomic E-state index is 0.0702. The fourth-order valence-electron chi connectivity index (χ4n) is 2.30. The van der Waals surface area contributed by atoms with E-state index in [1.165, 1.54) is 24.3 Å². The number of rotatable bonds is 2. The van der Waals surface area contributed by atoms with E-state index in [0.717, 1.165) is 4.31 Å². The summed E-state index contributed by atoms with van der Waals surface area (Å²) in [6.45, 7) is -0.920. The molecule has 0 aromatic heterocycles. The van der Waals surface area contributed by atoms with Gasteiger partial charge in [-0.25, -0.2) is 8.42 Å². The Balaban J connectivity index is 2.26. The lowest BCUT2D eigenvalue weighted by Gasteiger charge is -2.38. The lowest BCUT2D eigenvalue weighted by molar-refractivity contribution is -0.270. The Morgan fingerprint density at radius 1 is 1.23 bits per heavy atom. The summed E-state index contributed by atoms with van der Waals surface area (Å²) in [5.74, 6) is 0. The van der Waals surface area contributed by atoms with E-state index in [1.54, 1.807) is 6.07 Å². The Hall–Kier alpha value is -1.63. The molecule has 0 aliphatic carbocycles. The Kier molecular flexibility index (Phi) is 4.21. The van der Waals surface area contributed by atoms with Crippen LogP contribution in [0.5, 0.6) is 0 Å². The number of nitrogens with zero attached hydrogens (tertiary/aromatic N) is 2. The topological polar surface area (TPSA) is 81.4 Å². The number of aliphatic hydroxyl groups is 1. The van der Waals surface area contributed by atoms with Gasteiger partial charge in [-0.15, -0.1) is 0 Å². The molecule has 120 valence electrons. The predicted molar refractivity (Wildman–Crippen MR) is 70.2 cm³/mol. The third-order valence-electron chi connectivity index (χ3n) is 3.70. The standard InChI is InChI=1S/C13H13F3N2O3S/c14-13(15,16)12(19)5-7-18(8-6-12)22(20,21)11-4-2-1-3-10(11)9-17/h1-4,19H,5-8H2. The van der Waals surface area contributed by atoms with E-state index in [-0.39, 0.29) is 10.5 Å². The molecule has 0 bridgehead atoms. The van der Waals surface area contributed by atoms with Crippen LogP contribution >= 0.6 is 0 Å². The molecule has 0 saturated carbocycles. The Bertz CT molecular complexity index is 702. The van der Waals surface area contributed by atoms with Crippen molar-refractivity contribution in [2.45, 2.75) is 29.5 Å². The lowest BCUT2D eigenvalue weighted by atomic mass is 9.92. The highest BCUT2D eigenvalue weighted by atomic mass is 32.2. The molecule has 2 rings (SSSR count). The molecule has 22 heavy (non-hydrogen) atoms. The zero-order valence-corrected chi connectivity index (χ0v) is 12.2. The molecule has 0 radical (unpaired) electrons. The summed E-state index contributed by atoms with van der Waals surface area (Å²) in [5.41, 5.74) is -2.94. The van der Waals surface area contributed by atoms with Gasteiger partial charge in [0, 0.05) is 13.1 Å². The van der Waals surface area contributed by atoms with E-state index in [9.17, 15) is 26.7 Å². The average Bonchev–Trinajstić information content (AvgIpc) is 2.46. The molecule has 1 aromatic rings. The second kappa shape index (κ2) is 5.53. The molecule has 1 aromatic carbocycles. The van der Waals surface area contributed by atoms with Gasteiger partial charge < -0.3 is 5.11 Å². The number of halogens is 3. The fourth-order valence-corrected chi connectivity index (χ4v) is 3.89. The number of nitriles is 1. The quantitative estimate of drug-likeness (QED) is 0.891. The molecule has 9 heteroatoms. The largest absolute Gasteiger partial charge is 0.417 e. The molecule has 1 aliphatic rings.